The summed E-state index contributed by atoms with van der Waals surface area (Å²) in [5.41, 5.74) is 0.917. The van der Waals surface area contributed by atoms with Crippen LogP contribution in [0.2, 0.25) is 0 Å². The van der Waals surface area contributed by atoms with Crippen LogP contribution in [0.4, 0.5) is 0 Å². The molecule has 0 aromatic carbocycles. The lowest BCUT2D eigenvalue weighted by atomic mass is 10.1. The minimum atomic E-state index is -0.590. The van der Waals surface area contributed by atoms with Crippen LogP contribution >= 0.6 is 0 Å². The molecule has 0 spiro atoms. The molecule has 4 nitrogen and oxygen atoms in total. The van der Waals surface area contributed by atoms with Crippen molar-refractivity contribution in [3.63, 3.8) is 0 Å². The number of ether oxygens (including phenoxy) is 1. The SMILES string of the molecule is CCOC(=O)/C(C#N)=C\C=C1C=CN(C)C=C1. The Labute approximate surface area is 101 Å². The number of nitriles is 1. The Kier molecular flexibility index (Phi) is 4.77. The van der Waals surface area contributed by atoms with Crippen LogP contribution in [0, 0.1) is 11.3 Å². The van der Waals surface area contributed by atoms with E-state index < -0.39 is 5.97 Å². The molecule has 0 atom stereocenters. The lowest BCUT2D eigenvalue weighted by molar-refractivity contribution is -0.138. The van der Waals surface area contributed by atoms with Crippen LogP contribution in [-0.2, 0) is 9.53 Å². The number of allylic oxidation sites excluding steroid dienone is 5. The number of carbonyl (C=O) groups excluding carboxylic acids is 1. The van der Waals surface area contributed by atoms with Gasteiger partial charge in [-0.05, 0) is 30.7 Å². The van der Waals surface area contributed by atoms with E-state index in [1.54, 1.807) is 13.0 Å². The van der Waals surface area contributed by atoms with Crippen molar-refractivity contribution in [3.8, 4) is 6.07 Å². The van der Waals surface area contributed by atoms with Gasteiger partial charge in [-0.2, -0.15) is 5.26 Å². The Bertz CT molecular complexity index is 435. The highest BCUT2D eigenvalue weighted by Gasteiger charge is 2.07. The second-order valence-corrected chi connectivity index (χ2v) is 3.38. The maximum atomic E-state index is 11.3. The van der Waals surface area contributed by atoms with Gasteiger partial charge >= 0.3 is 5.97 Å². The van der Waals surface area contributed by atoms with Crippen LogP contribution in [0.25, 0.3) is 0 Å². The number of esters is 1. The molecule has 1 rings (SSSR count). The van der Waals surface area contributed by atoms with Crippen molar-refractivity contribution in [1.29, 1.82) is 5.26 Å². The maximum absolute atomic E-state index is 11.3. The minimum absolute atomic E-state index is 0.0000723. The Balaban J connectivity index is 2.78. The van der Waals surface area contributed by atoms with Crippen LogP contribution in [0.5, 0.6) is 0 Å². The summed E-state index contributed by atoms with van der Waals surface area (Å²) in [4.78, 5) is 13.2. The second-order valence-electron chi connectivity index (χ2n) is 3.38. The molecule has 0 bridgehead atoms. The van der Waals surface area contributed by atoms with Crippen LogP contribution in [0.3, 0.4) is 0 Å². The smallest absolute Gasteiger partial charge is 0.348 e. The fourth-order valence-corrected chi connectivity index (χ4v) is 1.16. The molecule has 0 aliphatic carbocycles. The monoisotopic (exact) mass is 230 g/mol. The Morgan fingerprint density at radius 1 is 1.53 bits per heavy atom. The summed E-state index contributed by atoms with van der Waals surface area (Å²) >= 11 is 0. The zero-order valence-corrected chi connectivity index (χ0v) is 9.88. The van der Waals surface area contributed by atoms with Gasteiger partial charge in [0.1, 0.15) is 11.6 Å². The topological polar surface area (TPSA) is 53.3 Å². The van der Waals surface area contributed by atoms with E-state index in [-0.39, 0.29) is 12.2 Å². The zero-order chi connectivity index (χ0) is 12.7. The first-order valence-corrected chi connectivity index (χ1v) is 5.25. The van der Waals surface area contributed by atoms with Gasteiger partial charge in [-0.1, -0.05) is 6.08 Å². The van der Waals surface area contributed by atoms with Gasteiger partial charge in [0.15, 0.2) is 0 Å². The first-order valence-electron chi connectivity index (χ1n) is 5.25. The fraction of sp³-hybridized carbons (Fsp3) is 0.231. The largest absolute Gasteiger partial charge is 0.462 e. The number of rotatable bonds is 3. The molecule has 0 fully saturated rings. The minimum Gasteiger partial charge on any atom is -0.462 e. The fourth-order valence-electron chi connectivity index (χ4n) is 1.16. The third-order valence-corrected chi connectivity index (χ3v) is 2.06. The van der Waals surface area contributed by atoms with Crippen LogP contribution < -0.4 is 0 Å². The first-order chi connectivity index (χ1) is 8.17. The number of carbonyl (C=O) groups is 1. The van der Waals surface area contributed by atoms with E-state index >= 15 is 0 Å². The van der Waals surface area contributed by atoms with Gasteiger partial charge < -0.3 is 9.64 Å². The van der Waals surface area contributed by atoms with Gasteiger partial charge in [0, 0.05) is 19.4 Å². The Morgan fingerprint density at radius 3 is 2.71 bits per heavy atom. The van der Waals surface area contributed by atoms with Gasteiger partial charge in [0.25, 0.3) is 0 Å². The summed E-state index contributed by atoms with van der Waals surface area (Å²) in [7, 11) is 1.92. The third-order valence-electron chi connectivity index (χ3n) is 2.06. The molecule has 0 radical (unpaired) electrons. The summed E-state index contributed by atoms with van der Waals surface area (Å²) in [6, 6.07) is 1.82. The molecule has 1 heterocycles. The summed E-state index contributed by atoms with van der Waals surface area (Å²) in [5, 5.41) is 8.80. The molecular weight excluding hydrogens is 216 g/mol. The summed E-state index contributed by atoms with van der Waals surface area (Å²) < 4.78 is 4.75. The standard InChI is InChI=1S/C13H14N2O2/c1-3-17-13(16)12(10-14)5-4-11-6-8-15(2)9-7-11/h4-9H,3H2,1-2H3/b12-5-. The van der Waals surface area contributed by atoms with Crippen molar-refractivity contribution in [2.45, 2.75) is 6.92 Å². The summed E-state index contributed by atoms with van der Waals surface area (Å²) in [6.07, 6.45) is 10.7. The van der Waals surface area contributed by atoms with Gasteiger partial charge in [0.2, 0.25) is 0 Å². The second kappa shape index (κ2) is 6.33. The van der Waals surface area contributed by atoms with Gasteiger partial charge in [-0.25, -0.2) is 4.79 Å². The molecule has 1 aliphatic heterocycles. The van der Waals surface area contributed by atoms with Crippen molar-refractivity contribution in [2.75, 3.05) is 13.7 Å². The molecule has 0 saturated heterocycles. The van der Waals surface area contributed by atoms with E-state index in [9.17, 15) is 4.79 Å². The molecule has 0 amide bonds. The van der Waals surface area contributed by atoms with E-state index in [1.807, 2.05) is 42.6 Å². The molecule has 88 valence electrons. The lowest BCUT2D eigenvalue weighted by Gasteiger charge is -2.11. The highest BCUT2D eigenvalue weighted by Crippen LogP contribution is 2.08. The van der Waals surface area contributed by atoms with Crippen molar-refractivity contribution in [3.05, 3.63) is 47.9 Å². The predicted molar refractivity (Wildman–Crippen MR) is 64.5 cm³/mol. The van der Waals surface area contributed by atoms with Crippen LogP contribution in [-0.4, -0.2) is 24.5 Å². The highest BCUT2D eigenvalue weighted by atomic mass is 16.5. The van der Waals surface area contributed by atoms with Gasteiger partial charge in [-0.3, -0.25) is 0 Å². The highest BCUT2D eigenvalue weighted by molar-refractivity contribution is 5.93. The summed E-state index contributed by atoms with van der Waals surface area (Å²) in [6.45, 7) is 1.97. The first kappa shape index (κ1) is 12.8. The van der Waals surface area contributed by atoms with Crippen molar-refractivity contribution >= 4 is 5.97 Å². The molecule has 0 unspecified atom stereocenters. The number of nitrogens with zero attached hydrogens (tertiary/aromatic N) is 2. The third kappa shape index (κ3) is 3.99. The number of hydrogen-bond acceptors (Lipinski definition) is 4. The lowest BCUT2D eigenvalue weighted by Crippen LogP contribution is -2.06. The predicted octanol–water partition coefficient (Wildman–Crippen LogP) is 1.90. The van der Waals surface area contributed by atoms with Crippen molar-refractivity contribution < 1.29 is 9.53 Å². The molecular formula is C13H14N2O2. The van der Waals surface area contributed by atoms with E-state index in [4.69, 9.17) is 10.00 Å². The Hall–Kier alpha value is -2.28. The molecule has 0 aromatic heterocycles. The van der Waals surface area contributed by atoms with Crippen molar-refractivity contribution in [2.24, 2.45) is 0 Å². The van der Waals surface area contributed by atoms with Crippen molar-refractivity contribution in [1.82, 2.24) is 4.90 Å². The Morgan fingerprint density at radius 2 is 2.18 bits per heavy atom. The zero-order valence-electron chi connectivity index (χ0n) is 9.88. The molecule has 0 saturated carbocycles. The molecule has 1 aliphatic rings. The molecule has 17 heavy (non-hydrogen) atoms. The average Bonchev–Trinajstić information content (AvgIpc) is 2.32. The average molecular weight is 230 g/mol. The van der Waals surface area contributed by atoms with Gasteiger partial charge in [0.05, 0.1) is 6.61 Å². The van der Waals surface area contributed by atoms with Crippen LogP contribution in [0.1, 0.15) is 6.92 Å². The van der Waals surface area contributed by atoms with E-state index in [2.05, 4.69) is 0 Å². The number of hydrogen-bond donors (Lipinski definition) is 0. The normalized spacial score (nSPS) is 14.5. The summed E-state index contributed by atoms with van der Waals surface area (Å²) in [5.74, 6) is -0.590. The molecule has 4 heteroatoms. The van der Waals surface area contributed by atoms with Crippen LogP contribution in [0.15, 0.2) is 47.9 Å². The van der Waals surface area contributed by atoms with E-state index in [1.165, 1.54) is 6.08 Å². The van der Waals surface area contributed by atoms with E-state index in [0.717, 1.165) is 5.57 Å². The molecule has 0 aromatic rings. The quantitative estimate of drug-likeness (QED) is 0.422. The van der Waals surface area contributed by atoms with E-state index in [0.29, 0.717) is 0 Å². The molecule has 0 N–H and O–H groups in total. The van der Waals surface area contributed by atoms with Gasteiger partial charge in [-0.15, -0.1) is 0 Å². The maximum Gasteiger partial charge on any atom is 0.348 e.